The normalized spacial score (nSPS) is 12.0. The SMILES string of the molecule is C=CCOC(=O)C(=NOC(CNC(=O)OC(C)(C)C)CNC(=O)OC(C)(C)C)c1cccs1. The van der Waals surface area contributed by atoms with Gasteiger partial charge in [-0.05, 0) is 53.0 Å². The van der Waals surface area contributed by atoms with Crippen molar-refractivity contribution in [2.45, 2.75) is 58.8 Å². The molecular formula is C22H33N3O7S. The van der Waals surface area contributed by atoms with E-state index in [0.29, 0.717) is 4.88 Å². The summed E-state index contributed by atoms with van der Waals surface area (Å²) < 4.78 is 15.5. The van der Waals surface area contributed by atoms with Crippen LogP contribution in [0, 0.1) is 0 Å². The first-order chi connectivity index (χ1) is 15.3. The third-order valence-corrected chi connectivity index (χ3v) is 4.20. The molecule has 0 fully saturated rings. The van der Waals surface area contributed by atoms with Gasteiger partial charge in [0, 0.05) is 0 Å². The van der Waals surface area contributed by atoms with Crippen LogP contribution in [0.2, 0.25) is 0 Å². The number of alkyl carbamates (subject to hydrolysis) is 2. The van der Waals surface area contributed by atoms with Crippen molar-refractivity contribution in [2.75, 3.05) is 19.7 Å². The molecule has 0 aliphatic heterocycles. The monoisotopic (exact) mass is 483 g/mol. The fourth-order valence-electron chi connectivity index (χ4n) is 2.10. The molecule has 33 heavy (non-hydrogen) atoms. The average molecular weight is 484 g/mol. The van der Waals surface area contributed by atoms with Crippen molar-refractivity contribution in [3.05, 3.63) is 35.0 Å². The van der Waals surface area contributed by atoms with Crippen molar-refractivity contribution in [2.24, 2.45) is 5.16 Å². The van der Waals surface area contributed by atoms with E-state index in [2.05, 4.69) is 22.4 Å². The Balaban J connectivity index is 2.94. The van der Waals surface area contributed by atoms with Gasteiger partial charge in [-0.25, -0.2) is 14.4 Å². The zero-order valence-electron chi connectivity index (χ0n) is 19.9. The average Bonchev–Trinajstić information content (AvgIpc) is 3.19. The molecule has 2 N–H and O–H groups in total. The highest BCUT2D eigenvalue weighted by Crippen LogP contribution is 2.13. The molecule has 0 radical (unpaired) electrons. The van der Waals surface area contributed by atoms with Gasteiger partial charge in [0.2, 0.25) is 5.71 Å². The van der Waals surface area contributed by atoms with Crippen LogP contribution in [0.4, 0.5) is 9.59 Å². The van der Waals surface area contributed by atoms with E-state index in [0.717, 1.165) is 0 Å². The molecule has 2 amide bonds. The number of nitrogens with one attached hydrogen (secondary N) is 2. The fourth-order valence-corrected chi connectivity index (χ4v) is 2.79. The summed E-state index contributed by atoms with van der Waals surface area (Å²) >= 11 is 1.28. The summed E-state index contributed by atoms with van der Waals surface area (Å²) in [6, 6.07) is 3.44. The predicted molar refractivity (Wildman–Crippen MR) is 125 cm³/mol. The van der Waals surface area contributed by atoms with Crippen LogP contribution in [0.25, 0.3) is 0 Å². The quantitative estimate of drug-likeness (QED) is 0.171. The molecular weight excluding hydrogens is 450 g/mol. The first-order valence-electron chi connectivity index (χ1n) is 10.3. The van der Waals surface area contributed by atoms with Crippen LogP contribution in [0.15, 0.2) is 35.3 Å². The van der Waals surface area contributed by atoms with E-state index < -0.39 is 35.5 Å². The summed E-state index contributed by atoms with van der Waals surface area (Å²) in [5.74, 6) is -0.698. The first-order valence-corrected chi connectivity index (χ1v) is 11.2. The molecule has 1 aromatic heterocycles. The van der Waals surface area contributed by atoms with E-state index in [9.17, 15) is 14.4 Å². The molecule has 0 bridgehead atoms. The number of hydrogen-bond acceptors (Lipinski definition) is 9. The van der Waals surface area contributed by atoms with E-state index in [1.165, 1.54) is 17.4 Å². The lowest BCUT2D eigenvalue weighted by molar-refractivity contribution is -0.134. The van der Waals surface area contributed by atoms with E-state index >= 15 is 0 Å². The molecule has 184 valence electrons. The van der Waals surface area contributed by atoms with Gasteiger partial charge in [0.25, 0.3) is 0 Å². The van der Waals surface area contributed by atoms with Crippen LogP contribution in [0.1, 0.15) is 46.4 Å². The van der Waals surface area contributed by atoms with Gasteiger partial charge in [-0.2, -0.15) is 0 Å². The highest BCUT2D eigenvalue weighted by Gasteiger charge is 2.23. The van der Waals surface area contributed by atoms with Crippen LogP contribution >= 0.6 is 11.3 Å². The molecule has 0 saturated carbocycles. The molecule has 0 atom stereocenters. The lowest BCUT2D eigenvalue weighted by atomic mass is 10.2. The number of amides is 2. The number of nitrogens with zero attached hydrogens (tertiary/aromatic N) is 1. The maximum Gasteiger partial charge on any atom is 0.407 e. The molecule has 0 unspecified atom stereocenters. The topological polar surface area (TPSA) is 125 Å². The van der Waals surface area contributed by atoms with Gasteiger partial charge in [0.1, 0.15) is 17.8 Å². The second-order valence-electron chi connectivity index (χ2n) is 8.80. The second-order valence-corrected chi connectivity index (χ2v) is 9.75. The largest absolute Gasteiger partial charge is 0.457 e. The van der Waals surface area contributed by atoms with Crippen LogP contribution in [0.3, 0.4) is 0 Å². The van der Waals surface area contributed by atoms with Gasteiger partial charge >= 0.3 is 18.2 Å². The Labute approximate surface area is 198 Å². The number of hydrogen-bond donors (Lipinski definition) is 2. The standard InChI is InChI=1S/C22H33N3O7S/c1-8-11-29-18(26)17(16-10-9-12-33-16)25-32-15(13-23-19(27)30-21(2,3)4)14-24-20(28)31-22(5,6)7/h8-10,12,15H,1,11,13-14H2,2-7H3,(H,23,27)(H,24,28). The third kappa shape index (κ3) is 12.5. The molecule has 0 aliphatic carbocycles. The molecule has 0 spiro atoms. The van der Waals surface area contributed by atoms with Crippen LogP contribution in [-0.4, -0.2) is 60.9 Å². The Morgan fingerprint density at radius 1 is 1.06 bits per heavy atom. The summed E-state index contributed by atoms with van der Waals surface area (Å²) in [6.07, 6.45) is -0.738. The summed E-state index contributed by atoms with van der Waals surface area (Å²) in [6.45, 7) is 13.8. The summed E-state index contributed by atoms with van der Waals surface area (Å²) in [7, 11) is 0. The van der Waals surface area contributed by atoms with Crippen molar-refractivity contribution in [1.82, 2.24) is 10.6 Å². The Bertz CT molecular complexity index is 792. The van der Waals surface area contributed by atoms with Crippen molar-refractivity contribution >= 4 is 35.2 Å². The summed E-state index contributed by atoms with van der Waals surface area (Å²) in [5.41, 5.74) is -1.42. The number of ether oxygens (including phenoxy) is 3. The minimum atomic E-state index is -0.841. The molecule has 1 aromatic rings. The van der Waals surface area contributed by atoms with Gasteiger partial charge in [-0.1, -0.05) is 23.9 Å². The third-order valence-electron chi connectivity index (χ3n) is 3.32. The summed E-state index contributed by atoms with van der Waals surface area (Å²) in [5, 5.41) is 10.9. The number of thiophene rings is 1. The molecule has 1 heterocycles. The van der Waals surface area contributed by atoms with Crippen LogP contribution < -0.4 is 10.6 Å². The van der Waals surface area contributed by atoms with E-state index in [1.807, 2.05) is 0 Å². The zero-order valence-corrected chi connectivity index (χ0v) is 20.7. The van der Waals surface area contributed by atoms with E-state index in [-0.39, 0.29) is 25.4 Å². The lowest BCUT2D eigenvalue weighted by Gasteiger charge is -2.23. The molecule has 11 heteroatoms. The van der Waals surface area contributed by atoms with E-state index in [1.54, 1.807) is 59.1 Å². The van der Waals surface area contributed by atoms with Crippen molar-refractivity contribution in [3.8, 4) is 0 Å². The van der Waals surface area contributed by atoms with Crippen LogP contribution in [0.5, 0.6) is 0 Å². The van der Waals surface area contributed by atoms with Gasteiger partial charge in [0.05, 0.1) is 18.0 Å². The Morgan fingerprint density at radius 3 is 2.03 bits per heavy atom. The molecule has 1 rings (SSSR count). The molecule has 0 aromatic carbocycles. The molecule has 0 saturated heterocycles. The number of rotatable bonds is 10. The first kappa shape index (κ1) is 28.0. The number of carbonyl (C=O) groups excluding carboxylic acids is 3. The van der Waals surface area contributed by atoms with Gasteiger partial charge in [-0.15, -0.1) is 11.3 Å². The Morgan fingerprint density at radius 2 is 1.61 bits per heavy atom. The number of oxime groups is 1. The smallest absolute Gasteiger partial charge is 0.407 e. The minimum Gasteiger partial charge on any atom is -0.457 e. The predicted octanol–water partition coefficient (Wildman–Crippen LogP) is 3.62. The van der Waals surface area contributed by atoms with Crippen molar-refractivity contribution < 1.29 is 33.4 Å². The van der Waals surface area contributed by atoms with Crippen LogP contribution in [-0.2, 0) is 23.8 Å². The van der Waals surface area contributed by atoms with Gasteiger partial charge in [-0.3, -0.25) is 0 Å². The molecule has 10 nitrogen and oxygen atoms in total. The second kappa shape index (κ2) is 12.8. The summed E-state index contributed by atoms with van der Waals surface area (Å²) in [4.78, 5) is 42.5. The van der Waals surface area contributed by atoms with E-state index in [4.69, 9.17) is 19.0 Å². The number of carbonyl (C=O) groups is 3. The minimum absolute atomic E-state index is 0.00700. The maximum absolute atomic E-state index is 12.4. The Hall–Kier alpha value is -3.08. The maximum atomic E-state index is 12.4. The Kier molecular flexibility index (Phi) is 10.9. The van der Waals surface area contributed by atoms with Crippen molar-refractivity contribution in [3.63, 3.8) is 0 Å². The zero-order chi connectivity index (χ0) is 25.1. The fraction of sp³-hybridized carbons (Fsp3) is 0.545. The highest BCUT2D eigenvalue weighted by atomic mass is 32.1. The lowest BCUT2D eigenvalue weighted by Crippen LogP contribution is -2.43. The number of esters is 1. The highest BCUT2D eigenvalue weighted by molar-refractivity contribution is 7.13. The molecule has 0 aliphatic rings. The van der Waals surface area contributed by atoms with Gasteiger partial charge in [0.15, 0.2) is 6.10 Å². The van der Waals surface area contributed by atoms with Gasteiger partial charge < -0.3 is 29.7 Å². The van der Waals surface area contributed by atoms with Crippen molar-refractivity contribution in [1.29, 1.82) is 0 Å².